The maximum absolute atomic E-state index is 12.3. The summed E-state index contributed by atoms with van der Waals surface area (Å²) in [7, 11) is 0. The highest BCUT2D eigenvalue weighted by atomic mass is 16.5. The van der Waals surface area contributed by atoms with Gasteiger partial charge in [0.2, 0.25) is 0 Å². The number of hydrogen-bond donors (Lipinski definition) is 0. The Hall–Kier alpha value is -3.27. The molecule has 0 saturated heterocycles. The van der Waals surface area contributed by atoms with Crippen LogP contribution in [-0.2, 0) is 4.79 Å². The topological polar surface area (TPSA) is 44.8 Å². The molecule has 0 saturated carbocycles. The number of fused-ring (bicyclic) bond motifs is 1. The van der Waals surface area contributed by atoms with Gasteiger partial charge in [0.05, 0.1) is 13.2 Å². The number of esters is 1. The second-order valence-corrected chi connectivity index (χ2v) is 8.11. The van der Waals surface area contributed by atoms with E-state index in [-0.39, 0.29) is 0 Å². The third-order valence-corrected chi connectivity index (χ3v) is 5.33. The zero-order chi connectivity index (χ0) is 23.3. The van der Waals surface area contributed by atoms with Crippen LogP contribution in [0.15, 0.2) is 66.7 Å². The first-order valence-electron chi connectivity index (χ1n) is 12.0. The Labute approximate surface area is 197 Å². The summed E-state index contributed by atoms with van der Waals surface area (Å²) in [4.78, 5) is 12.3. The smallest absolute Gasteiger partial charge is 0.336 e. The lowest BCUT2D eigenvalue weighted by atomic mass is 10.1. The second-order valence-electron chi connectivity index (χ2n) is 8.11. The molecule has 0 amide bonds. The fraction of sp³-hybridized carbons (Fsp3) is 0.345. The molecule has 4 nitrogen and oxygen atoms in total. The van der Waals surface area contributed by atoms with Gasteiger partial charge in [0.1, 0.15) is 17.2 Å². The van der Waals surface area contributed by atoms with Crippen LogP contribution in [0, 0.1) is 0 Å². The molecule has 3 aromatic carbocycles. The molecule has 0 bridgehead atoms. The largest absolute Gasteiger partial charge is 0.494 e. The van der Waals surface area contributed by atoms with E-state index < -0.39 is 5.97 Å². The average Bonchev–Trinajstić information content (AvgIpc) is 2.84. The number of ether oxygens (including phenoxy) is 3. The molecule has 0 radical (unpaired) electrons. The van der Waals surface area contributed by atoms with Gasteiger partial charge in [-0.2, -0.15) is 0 Å². The molecule has 0 aromatic heterocycles. The zero-order valence-corrected chi connectivity index (χ0v) is 19.7. The lowest BCUT2D eigenvalue weighted by Crippen LogP contribution is -2.03. The van der Waals surface area contributed by atoms with Crippen molar-refractivity contribution in [3.05, 3.63) is 72.3 Å². The summed E-state index contributed by atoms with van der Waals surface area (Å²) in [6.45, 7) is 5.82. The SMILES string of the molecule is CCCCCOc1ccc(C=CC(=O)Oc2ccc3cc(OCCCCC)ccc3c2)cc1. The summed E-state index contributed by atoms with van der Waals surface area (Å²) in [6, 6.07) is 19.3. The van der Waals surface area contributed by atoms with Gasteiger partial charge >= 0.3 is 5.97 Å². The van der Waals surface area contributed by atoms with Crippen LogP contribution in [0.2, 0.25) is 0 Å². The second kappa shape index (κ2) is 13.3. The van der Waals surface area contributed by atoms with E-state index >= 15 is 0 Å². The van der Waals surface area contributed by atoms with Gasteiger partial charge in [-0.25, -0.2) is 4.79 Å². The minimum Gasteiger partial charge on any atom is -0.494 e. The average molecular weight is 447 g/mol. The normalized spacial score (nSPS) is 11.1. The molecule has 0 N–H and O–H groups in total. The Morgan fingerprint density at radius 1 is 0.697 bits per heavy atom. The quantitative estimate of drug-likeness (QED) is 0.117. The van der Waals surface area contributed by atoms with Crippen molar-refractivity contribution in [3.63, 3.8) is 0 Å². The summed E-state index contributed by atoms with van der Waals surface area (Å²) in [5.74, 6) is 1.81. The van der Waals surface area contributed by atoms with E-state index in [1.54, 1.807) is 12.1 Å². The molecule has 0 heterocycles. The molecule has 0 aliphatic carbocycles. The fourth-order valence-corrected chi connectivity index (χ4v) is 3.43. The molecule has 0 fully saturated rings. The minimum atomic E-state index is -0.412. The standard InChI is InChI=1S/C29H34O4/c1-3-5-7-19-31-26-14-9-23(10-15-26)11-18-29(30)33-28-17-13-24-21-27(16-12-25(24)22-28)32-20-8-6-4-2/h9-18,21-22H,3-8,19-20H2,1-2H3. The molecule has 174 valence electrons. The van der Waals surface area contributed by atoms with Gasteiger partial charge in [-0.3, -0.25) is 0 Å². The van der Waals surface area contributed by atoms with Crippen molar-refractivity contribution in [1.29, 1.82) is 0 Å². The van der Waals surface area contributed by atoms with Crippen LogP contribution in [0.1, 0.15) is 57.9 Å². The van der Waals surface area contributed by atoms with Crippen LogP contribution >= 0.6 is 0 Å². The molecule has 3 aromatic rings. The van der Waals surface area contributed by atoms with Gasteiger partial charge in [0.25, 0.3) is 0 Å². The van der Waals surface area contributed by atoms with Crippen LogP contribution in [0.3, 0.4) is 0 Å². The van der Waals surface area contributed by atoms with E-state index in [9.17, 15) is 4.79 Å². The molecule has 0 atom stereocenters. The number of hydrogen-bond acceptors (Lipinski definition) is 4. The summed E-state index contributed by atoms with van der Waals surface area (Å²) in [5, 5.41) is 2.05. The first kappa shape index (κ1) is 24.4. The van der Waals surface area contributed by atoms with Crippen molar-refractivity contribution in [3.8, 4) is 17.2 Å². The molecule has 3 rings (SSSR count). The lowest BCUT2D eigenvalue weighted by Gasteiger charge is -2.08. The number of carbonyl (C=O) groups excluding carboxylic acids is 1. The maximum Gasteiger partial charge on any atom is 0.336 e. The van der Waals surface area contributed by atoms with Crippen LogP contribution in [0.5, 0.6) is 17.2 Å². The van der Waals surface area contributed by atoms with Gasteiger partial charge in [-0.1, -0.05) is 63.8 Å². The van der Waals surface area contributed by atoms with Crippen molar-refractivity contribution < 1.29 is 19.0 Å². The van der Waals surface area contributed by atoms with Crippen molar-refractivity contribution >= 4 is 22.8 Å². The van der Waals surface area contributed by atoms with E-state index in [4.69, 9.17) is 14.2 Å². The van der Waals surface area contributed by atoms with Gasteiger partial charge in [-0.15, -0.1) is 0 Å². The highest BCUT2D eigenvalue weighted by molar-refractivity contribution is 5.90. The molecular formula is C29H34O4. The van der Waals surface area contributed by atoms with Crippen LogP contribution in [-0.4, -0.2) is 19.2 Å². The molecule has 33 heavy (non-hydrogen) atoms. The van der Waals surface area contributed by atoms with Gasteiger partial charge < -0.3 is 14.2 Å². The monoisotopic (exact) mass is 446 g/mol. The van der Waals surface area contributed by atoms with Crippen molar-refractivity contribution in [2.45, 2.75) is 52.4 Å². The predicted octanol–water partition coefficient (Wildman–Crippen LogP) is 7.60. The fourth-order valence-electron chi connectivity index (χ4n) is 3.43. The number of unbranched alkanes of at least 4 members (excludes halogenated alkanes) is 4. The minimum absolute atomic E-state index is 0.412. The van der Waals surface area contributed by atoms with Crippen LogP contribution < -0.4 is 14.2 Å². The Bertz CT molecular complexity index is 1040. The third-order valence-electron chi connectivity index (χ3n) is 5.33. The predicted molar refractivity (Wildman–Crippen MR) is 135 cm³/mol. The Kier molecular flexibility index (Phi) is 9.84. The first-order valence-corrected chi connectivity index (χ1v) is 12.0. The van der Waals surface area contributed by atoms with E-state index in [0.717, 1.165) is 53.9 Å². The number of carbonyl (C=O) groups is 1. The molecule has 0 unspecified atom stereocenters. The van der Waals surface area contributed by atoms with Crippen molar-refractivity contribution in [2.75, 3.05) is 13.2 Å². The van der Waals surface area contributed by atoms with Crippen molar-refractivity contribution in [2.24, 2.45) is 0 Å². The van der Waals surface area contributed by atoms with Gasteiger partial charge in [0, 0.05) is 6.08 Å². The zero-order valence-electron chi connectivity index (χ0n) is 19.7. The van der Waals surface area contributed by atoms with Gasteiger partial charge in [0.15, 0.2) is 0 Å². The molecule has 0 aliphatic heterocycles. The molecule has 0 aliphatic rings. The molecule has 0 spiro atoms. The summed E-state index contributed by atoms with van der Waals surface area (Å²) >= 11 is 0. The number of rotatable bonds is 13. The Morgan fingerprint density at radius 3 is 1.88 bits per heavy atom. The van der Waals surface area contributed by atoms with E-state index in [1.165, 1.54) is 31.8 Å². The van der Waals surface area contributed by atoms with E-state index in [0.29, 0.717) is 5.75 Å². The highest BCUT2D eigenvalue weighted by Crippen LogP contribution is 2.25. The van der Waals surface area contributed by atoms with Gasteiger partial charge in [-0.05, 0) is 71.7 Å². The van der Waals surface area contributed by atoms with Crippen LogP contribution in [0.4, 0.5) is 0 Å². The molecular weight excluding hydrogens is 412 g/mol. The van der Waals surface area contributed by atoms with Crippen LogP contribution in [0.25, 0.3) is 16.8 Å². The Morgan fingerprint density at radius 2 is 1.24 bits per heavy atom. The highest BCUT2D eigenvalue weighted by Gasteiger charge is 2.04. The lowest BCUT2D eigenvalue weighted by molar-refractivity contribution is -0.128. The summed E-state index contributed by atoms with van der Waals surface area (Å²) in [6.07, 6.45) is 10.0. The maximum atomic E-state index is 12.3. The molecule has 4 heteroatoms. The summed E-state index contributed by atoms with van der Waals surface area (Å²) < 4.78 is 17.0. The Balaban J connectivity index is 1.51. The van der Waals surface area contributed by atoms with Crippen molar-refractivity contribution in [1.82, 2.24) is 0 Å². The number of benzene rings is 3. The third kappa shape index (κ3) is 8.30. The van der Waals surface area contributed by atoms with E-state index in [1.807, 2.05) is 54.6 Å². The van der Waals surface area contributed by atoms with E-state index in [2.05, 4.69) is 13.8 Å². The summed E-state index contributed by atoms with van der Waals surface area (Å²) in [5.41, 5.74) is 0.915. The first-order chi connectivity index (χ1) is 16.2.